The minimum atomic E-state index is -0.356. The number of amides is 1. The lowest BCUT2D eigenvalue weighted by Crippen LogP contribution is -2.24. The highest BCUT2D eigenvalue weighted by Crippen LogP contribution is 2.18. The first-order valence-electron chi connectivity index (χ1n) is 4.37. The molecule has 1 aromatic rings. The summed E-state index contributed by atoms with van der Waals surface area (Å²) in [7, 11) is 1.50. The van der Waals surface area contributed by atoms with Crippen molar-refractivity contribution < 1.29 is 13.9 Å². The Morgan fingerprint density at radius 2 is 2.33 bits per heavy atom. The van der Waals surface area contributed by atoms with Crippen LogP contribution in [0.15, 0.2) is 18.2 Å². The van der Waals surface area contributed by atoms with Crippen molar-refractivity contribution in [2.45, 2.75) is 6.54 Å². The number of ether oxygens (including phenoxy) is 1. The third kappa shape index (κ3) is 3.43. The molecule has 0 fully saturated rings. The molecule has 0 spiro atoms. The number of halogens is 1. The molecule has 82 valence electrons. The number of carbonyl (C=O) groups is 1. The van der Waals surface area contributed by atoms with Crippen molar-refractivity contribution in [1.29, 1.82) is 0 Å². The summed E-state index contributed by atoms with van der Waals surface area (Å²) in [6.07, 6.45) is 0. The van der Waals surface area contributed by atoms with Crippen LogP contribution in [-0.2, 0) is 11.3 Å². The number of benzene rings is 1. The second-order valence-corrected chi connectivity index (χ2v) is 3.21. The molecule has 0 aliphatic heterocycles. The molecule has 1 aromatic carbocycles. The molecule has 0 unspecified atom stereocenters. The molecule has 15 heavy (non-hydrogen) atoms. The van der Waals surface area contributed by atoms with Crippen LogP contribution in [0.4, 0.5) is 4.39 Å². The normalized spacial score (nSPS) is 9.80. The van der Waals surface area contributed by atoms with Crippen molar-refractivity contribution in [3.63, 3.8) is 0 Å². The summed E-state index contributed by atoms with van der Waals surface area (Å²) >= 11 is 3.81. The Hall–Kier alpha value is -1.23. The summed E-state index contributed by atoms with van der Waals surface area (Å²) in [6.45, 7) is 0.236. The number of methoxy groups -OCH3 is 1. The molecule has 3 nitrogen and oxygen atoms in total. The van der Waals surface area contributed by atoms with E-state index in [1.54, 1.807) is 0 Å². The van der Waals surface area contributed by atoms with Crippen LogP contribution in [0.1, 0.15) is 5.56 Å². The van der Waals surface area contributed by atoms with E-state index in [1.807, 2.05) is 0 Å². The predicted octanol–water partition coefficient (Wildman–Crippen LogP) is 1.38. The maximum Gasteiger partial charge on any atom is 0.229 e. The smallest absolute Gasteiger partial charge is 0.229 e. The van der Waals surface area contributed by atoms with Crippen molar-refractivity contribution >= 4 is 18.5 Å². The van der Waals surface area contributed by atoms with Gasteiger partial charge in [-0.05, 0) is 18.2 Å². The Morgan fingerprint density at radius 3 is 2.93 bits per heavy atom. The van der Waals surface area contributed by atoms with Gasteiger partial charge in [-0.2, -0.15) is 12.6 Å². The van der Waals surface area contributed by atoms with E-state index in [0.717, 1.165) is 0 Å². The molecule has 1 N–H and O–H groups in total. The molecule has 0 bridgehead atoms. The third-order valence-corrected chi connectivity index (χ3v) is 2.15. The van der Waals surface area contributed by atoms with E-state index >= 15 is 0 Å². The molecular weight excluding hydrogens is 217 g/mol. The summed E-state index contributed by atoms with van der Waals surface area (Å²) in [6, 6.07) is 4.16. The van der Waals surface area contributed by atoms with Gasteiger partial charge in [0.05, 0.1) is 12.9 Å². The average molecular weight is 229 g/mol. The van der Waals surface area contributed by atoms with E-state index in [1.165, 1.54) is 25.3 Å². The average Bonchev–Trinajstić information content (AvgIpc) is 2.26. The van der Waals surface area contributed by atoms with Crippen molar-refractivity contribution in [3.8, 4) is 5.75 Å². The lowest BCUT2D eigenvalue weighted by atomic mass is 10.2. The monoisotopic (exact) mass is 229 g/mol. The van der Waals surface area contributed by atoms with Crippen molar-refractivity contribution in [3.05, 3.63) is 29.6 Å². The van der Waals surface area contributed by atoms with Gasteiger partial charge in [0.15, 0.2) is 0 Å². The SMILES string of the molecule is COc1ccc(F)cc1CNC(=O)CS. The minimum absolute atomic E-state index is 0.109. The summed E-state index contributed by atoms with van der Waals surface area (Å²) < 4.78 is 17.9. The molecule has 0 saturated heterocycles. The zero-order chi connectivity index (χ0) is 11.3. The number of thiol groups is 1. The van der Waals surface area contributed by atoms with E-state index in [4.69, 9.17) is 4.74 Å². The van der Waals surface area contributed by atoms with Gasteiger partial charge in [-0.3, -0.25) is 4.79 Å². The highest BCUT2D eigenvalue weighted by molar-refractivity contribution is 7.81. The van der Waals surface area contributed by atoms with E-state index < -0.39 is 0 Å². The highest BCUT2D eigenvalue weighted by Gasteiger charge is 2.05. The fourth-order valence-corrected chi connectivity index (χ4v) is 1.25. The predicted molar refractivity (Wildman–Crippen MR) is 58.7 cm³/mol. The van der Waals surface area contributed by atoms with Crippen molar-refractivity contribution in [2.24, 2.45) is 0 Å². The fraction of sp³-hybridized carbons (Fsp3) is 0.300. The second kappa shape index (κ2) is 5.60. The van der Waals surface area contributed by atoms with Gasteiger partial charge in [0, 0.05) is 12.1 Å². The number of hydrogen-bond donors (Lipinski definition) is 2. The minimum Gasteiger partial charge on any atom is -0.496 e. The summed E-state index contributed by atoms with van der Waals surface area (Å²) in [5, 5.41) is 2.59. The van der Waals surface area contributed by atoms with E-state index in [0.29, 0.717) is 11.3 Å². The van der Waals surface area contributed by atoms with Crippen LogP contribution in [-0.4, -0.2) is 18.8 Å². The first-order chi connectivity index (χ1) is 7.17. The van der Waals surface area contributed by atoms with Crippen molar-refractivity contribution in [1.82, 2.24) is 5.32 Å². The summed E-state index contributed by atoms with van der Waals surface area (Å²) in [4.78, 5) is 10.9. The standard InChI is InChI=1S/C10H12FNO2S/c1-14-9-3-2-8(11)4-7(9)5-12-10(13)6-15/h2-4,15H,5-6H2,1H3,(H,12,13). The van der Waals surface area contributed by atoms with Crippen LogP contribution in [0.3, 0.4) is 0 Å². The number of hydrogen-bond acceptors (Lipinski definition) is 3. The topological polar surface area (TPSA) is 38.3 Å². The first-order valence-corrected chi connectivity index (χ1v) is 5.00. The van der Waals surface area contributed by atoms with Crippen LogP contribution < -0.4 is 10.1 Å². The van der Waals surface area contributed by atoms with Crippen molar-refractivity contribution in [2.75, 3.05) is 12.9 Å². The van der Waals surface area contributed by atoms with Gasteiger partial charge in [0.2, 0.25) is 5.91 Å². The Kier molecular flexibility index (Phi) is 4.42. The Balaban J connectivity index is 2.74. The Morgan fingerprint density at radius 1 is 1.60 bits per heavy atom. The summed E-state index contributed by atoms with van der Waals surface area (Å²) in [5.41, 5.74) is 0.604. The van der Waals surface area contributed by atoms with Gasteiger partial charge in [-0.1, -0.05) is 0 Å². The van der Waals surface area contributed by atoms with Gasteiger partial charge in [-0.15, -0.1) is 0 Å². The number of carbonyl (C=O) groups excluding carboxylic acids is 1. The van der Waals surface area contributed by atoms with E-state index in [-0.39, 0.29) is 24.0 Å². The maximum atomic E-state index is 12.9. The lowest BCUT2D eigenvalue weighted by molar-refractivity contribution is -0.118. The van der Waals surface area contributed by atoms with Gasteiger partial charge in [0.25, 0.3) is 0 Å². The highest BCUT2D eigenvalue weighted by atomic mass is 32.1. The molecule has 0 aliphatic carbocycles. The number of rotatable bonds is 4. The van der Waals surface area contributed by atoms with Gasteiger partial charge in [-0.25, -0.2) is 4.39 Å². The van der Waals surface area contributed by atoms with Crippen LogP contribution in [0.2, 0.25) is 0 Å². The quantitative estimate of drug-likeness (QED) is 0.765. The van der Waals surface area contributed by atoms with Crippen LogP contribution >= 0.6 is 12.6 Å². The molecular formula is C10H12FNO2S. The van der Waals surface area contributed by atoms with Gasteiger partial charge in [0.1, 0.15) is 11.6 Å². The van der Waals surface area contributed by atoms with Gasteiger partial charge < -0.3 is 10.1 Å². The molecule has 5 heteroatoms. The third-order valence-electron chi connectivity index (χ3n) is 1.86. The second-order valence-electron chi connectivity index (χ2n) is 2.89. The molecule has 0 saturated carbocycles. The van der Waals surface area contributed by atoms with E-state index in [2.05, 4.69) is 17.9 Å². The Labute approximate surface area is 93.0 Å². The maximum absolute atomic E-state index is 12.9. The zero-order valence-corrected chi connectivity index (χ0v) is 9.18. The van der Waals surface area contributed by atoms with Crippen LogP contribution in [0.25, 0.3) is 0 Å². The molecule has 0 heterocycles. The first kappa shape index (κ1) is 11.8. The Bertz CT molecular complexity index is 357. The molecule has 1 rings (SSSR count). The summed E-state index contributed by atoms with van der Waals surface area (Å²) in [5.74, 6) is 0.101. The largest absolute Gasteiger partial charge is 0.496 e. The number of nitrogens with one attached hydrogen (secondary N) is 1. The molecule has 0 aliphatic rings. The zero-order valence-electron chi connectivity index (χ0n) is 8.29. The lowest BCUT2D eigenvalue weighted by Gasteiger charge is -2.09. The molecule has 1 amide bonds. The van der Waals surface area contributed by atoms with Crippen LogP contribution in [0.5, 0.6) is 5.75 Å². The van der Waals surface area contributed by atoms with Crippen LogP contribution in [0, 0.1) is 5.82 Å². The fourth-order valence-electron chi connectivity index (χ4n) is 1.14. The molecule has 0 aromatic heterocycles. The van der Waals surface area contributed by atoms with Gasteiger partial charge >= 0.3 is 0 Å². The molecule has 0 atom stereocenters. The molecule has 0 radical (unpaired) electrons. The van der Waals surface area contributed by atoms with E-state index in [9.17, 15) is 9.18 Å².